The van der Waals surface area contributed by atoms with E-state index in [1.54, 1.807) is 0 Å². The Morgan fingerprint density at radius 2 is 1.52 bits per heavy atom. The lowest BCUT2D eigenvalue weighted by Crippen LogP contribution is -2.44. The second-order valence-corrected chi connectivity index (χ2v) is 8.82. The molecule has 3 aliphatic heterocycles. The van der Waals surface area contributed by atoms with Gasteiger partial charge < -0.3 is 19.3 Å². The first-order valence-corrected chi connectivity index (χ1v) is 11.2. The standard InChI is InChI=1S/C23H30N2O4/c26-22(16-4-5-16)24-11-8-17(9-12-24)23(27)25-10-1-3-19(25)18-6-7-20-21(15-18)29-14-2-13-28-20/h6-7,15-17,19H,1-5,8-14H2/t19-/m0/s1. The fraction of sp³-hybridized carbons (Fsp3) is 0.652. The van der Waals surface area contributed by atoms with Crippen LogP contribution in [0.1, 0.15) is 56.6 Å². The molecule has 1 aromatic carbocycles. The number of rotatable bonds is 3. The van der Waals surface area contributed by atoms with Gasteiger partial charge in [-0.25, -0.2) is 0 Å². The van der Waals surface area contributed by atoms with E-state index in [0.29, 0.717) is 19.1 Å². The number of hydrogen-bond donors (Lipinski definition) is 0. The Hall–Kier alpha value is -2.24. The van der Waals surface area contributed by atoms with Crippen LogP contribution < -0.4 is 9.47 Å². The number of amides is 2. The molecule has 2 amide bonds. The summed E-state index contributed by atoms with van der Waals surface area (Å²) in [5.74, 6) is 2.48. The maximum absolute atomic E-state index is 13.3. The Morgan fingerprint density at radius 3 is 2.28 bits per heavy atom. The van der Waals surface area contributed by atoms with Crippen molar-refractivity contribution in [2.24, 2.45) is 11.8 Å². The normalized spacial score (nSPS) is 25.0. The Labute approximate surface area is 172 Å². The third-order valence-corrected chi connectivity index (χ3v) is 6.77. The molecule has 6 nitrogen and oxygen atoms in total. The predicted octanol–water partition coefficient (Wildman–Crippen LogP) is 3.16. The molecule has 0 N–H and O–H groups in total. The Morgan fingerprint density at radius 1 is 0.793 bits per heavy atom. The number of carbonyl (C=O) groups is 2. The minimum atomic E-state index is 0.0410. The topological polar surface area (TPSA) is 59.1 Å². The van der Waals surface area contributed by atoms with Crippen LogP contribution in [-0.4, -0.2) is 54.5 Å². The van der Waals surface area contributed by atoms with Gasteiger partial charge in [-0.3, -0.25) is 9.59 Å². The van der Waals surface area contributed by atoms with Gasteiger partial charge in [-0.2, -0.15) is 0 Å². The minimum absolute atomic E-state index is 0.0410. The van der Waals surface area contributed by atoms with E-state index >= 15 is 0 Å². The number of benzene rings is 1. The highest BCUT2D eigenvalue weighted by Crippen LogP contribution is 2.39. The highest BCUT2D eigenvalue weighted by Gasteiger charge is 2.39. The minimum Gasteiger partial charge on any atom is -0.490 e. The molecule has 1 aliphatic carbocycles. The molecule has 0 spiro atoms. The summed E-state index contributed by atoms with van der Waals surface area (Å²) in [6.45, 7) is 3.63. The fourth-order valence-electron chi connectivity index (χ4n) is 4.93. The van der Waals surface area contributed by atoms with Crippen molar-refractivity contribution in [3.8, 4) is 11.5 Å². The molecular weight excluding hydrogens is 368 g/mol. The third kappa shape index (κ3) is 3.81. The van der Waals surface area contributed by atoms with Crippen LogP contribution in [0.4, 0.5) is 0 Å². The van der Waals surface area contributed by atoms with Crippen LogP contribution in [0.3, 0.4) is 0 Å². The SMILES string of the molecule is O=C(C1CC1)N1CCC(C(=O)N2CCC[C@H]2c2ccc3c(c2)OCCCO3)CC1. The lowest BCUT2D eigenvalue weighted by Gasteiger charge is -2.35. The molecule has 0 unspecified atom stereocenters. The number of fused-ring (bicyclic) bond motifs is 1. The van der Waals surface area contributed by atoms with Crippen LogP contribution >= 0.6 is 0 Å². The molecule has 3 fully saturated rings. The molecule has 0 aromatic heterocycles. The van der Waals surface area contributed by atoms with E-state index in [2.05, 4.69) is 17.0 Å². The van der Waals surface area contributed by atoms with Crippen molar-refractivity contribution in [3.63, 3.8) is 0 Å². The van der Waals surface area contributed by atoms with Crippen molar-refractivity contribution in [2.75, 3.05) is 32.8 Å². The molecule has 1 atom stereocenters. The summed E-state index contributed by atoms with van der Waals surface area (Å²) in [6.07, 6.45) is 6.59. The van der Waals surface area contributed by atoms with Crippen LogP contribution in [0.15, 0.2) is 18.2 Å². The molecule has 0 bridgehead atoms. The first kappa shape index (κ1) is 18.8. The number of ether oxygens (including phenoxy) is 2. The van der Waals surface area contributed by atoms with Gasteiger partial charge in [0.25, 0.3) is 0 Å². The van der Waals surface area contributed by atoms with Gasteiger partial charge in [-0.15, -0.1) is 0 Å². The van der Waals surface area contributed by atoms with Gasteiger partial charge in [-0.1, -0.05) is 6.07 Å². The number of carbonyl (C=O) groups excluding carboxylic acids is 2. The van der Waals surface area contributed by atoms with E-state index in [1.807, 2.05) is 11.0 Å². The molecule has 4 aliphatic rings. The molecular formula is C23H30N2O4. The number of piperidine rings is 1. The van der Waals surface area contributed by atoms with Crippen LogP contribution in [0.2, 0.25) is 0 Å². The number of hydrogen-bond acceptors (Lipinski definition) is 4. The van der Waals surface area contributed by atoms with Gasteiger partial charge in [0.1, 0.15) is 0 Å². The molecule has 6 heteroatoms. The van der Waals surface area contributed by atoms with Gasteiger partial charge >= 0.3 is 0 Å². The predicted molar refractivity (Wildman–Crippen MR) is 108 cm³/mol. The number of likely N-dealkylation sites (tertiary alicyclic amines) is 2. The summed E-state index contributed by atoms with van der Waals surface area (Å²) in [5.41, 5.74) is 1.14. The summed E-state index contributed by atoms with van der Waals surface area (Å²) >= 11 is 0. The van der Waals surface area contributed by atoms with Crippen molar-refractivity contribution in [1.82, 2.24) is 9.80 Å². The summed E-state index contributed by atoms with van der Waals surface area (Å²) in [6, 6.07) is 6.25. The van der Waals surface area contributed by atoms with E-state index in [9.17, 15) is 9.59 Å². The average Bonchev–Trinajstić information content (AvgIpc) is 3.54. The molecule has 3 heterocycles. The Bertz CT molecular complexity index is 783. The molecule has 29 heavy (non-hydrogen) atoms. The zero-order valence-electron chi connectivity index (χ0n) is 17.0. The van der Waals surface area contributed by atoms with Crippen LogP contribution in [-0.2, 0) is 9.59 Å². The van der Waals surface area contributed by atoms with E-state index in [-0.39, 0.29) is 23.8 Å². The molecule has 1 aromatic rings. The maximum Gasteiger partial charge on any atom is 0.226 e. The van der Waals surface area contributed by atoms with Gasteiger partial charge in [0.05, 0.1) is 19.3 Å². The fourth-order valence-corrected chi connectivity index (χ4v) is 4.93. The maximum atomic E-state index is 13.3. The molecule has 1 saturated carbocycles. The zero-order valence-corrected chi connectivity index (χ0v) is 17.0. The summed E-state index contributed by atoms with van der Waals surface area (Å²) in [4.78, 5) is 29.6. The number of nitrogens with zero attached hydrogens (tertiary/aromatic N) is 2. The van der Waals surface area contributed by atoms with Gasteiger partial charge in [0.2, 0.25) is 11.8 Å². The summed E-state index contributed by atoms with van der Waals surface area (Å²) in [5, 5.41) is 0. The van der Waals surface area contributed by atoms with Crippen molar-refractivity contribution in [1.29, 1.82) is 0 Å². The van der Waals surface area contributed by atoms with Crippen molar-refractivity contribution < 1.29 is 19.1 Å². The lowest BCUT2D eigenvalue weighted by atomic mass is 9.94. The first-order valence-electron chi connectivity index (χ1n) is 11.2. The monoisotopic (exact) mass is 398 g/mol. The average molecular weight is 399 g/mol. The Kier molecular flexibility index (Phi) is 5.10. The van der Waals surface area contributed by atoms with E-state index in [0.717, 1.165) is 81.6 Å². The van der Waals surface area contributed by atoms with Crippen molar-refractivity contribution in [3.05, 3.63) is 23.8 Å². The molecule has 5 rings (SSSR count). The summed E-state index contributed by atoms with van der Waals surface area (Å²) in [7, 11) is 0. The van der Waals surface area contributed by atoms with E-state index in [1.165, 1.54) is 0 Å². The highest BCUT2D eigenvalue weighted by molar-refractivity contribution is 5.82. The molecule has 156 valence electrons. The zero-order chi connectivity index (χ0) is 19.8. The quantitative estimate of drug-likeness (QED) is 0.785. The second-order valence-electron chi connectivity index (χ2n) is 8.82. The van der Waals surface area contributed by atoms with E-state index in [4.69, 9.17) is 9.47 Å². The Balaban J connectivity index is 1.25. The van der Waals surface area contributed by atoms with Crippen LogP contribution in [0.25, 0.3) is 0 Å². The van der Waals surface area contributed by atoms with Crippen molar-refractivity contribution in [2.45, 2.75) is 51.0 Å². The first-order chi connectivity index (χ1) is 14.2. The van der Waals surface area contributed by atoms with Crippen LogP contribution in [0.5, 0.6) is 11.5 Å². The van der Waals surface area contributed by atoms with E-state index < -0.39 is 0 Å². The van der Waals surface area contributed by atoms with Gasteiger partial charge in [0, 0.05) is 37.9 Å². The largest absolute Gasteiger partial charge is 0.490 e. The smallest absolute Gasteiger partial charge is 0.226 e. The highest BCUT2D eigenvalue weighted by atomic mass is 16.5. The molecule has 2 saturated heterocycles. The third-order valence-electron chi connectivity index (χ3n) is 6.77. The van der Waals surface area contributed by atoms with Gasteiger partial charge in [0.15, 0.2) is 11.5 Å². The molecule has 0 radical (unpaired) electrons. The second kappa shape index (κ2) is 7.88. The van der Waals surface area contributed by atoms with Crippen molar-refractivity contribution >= 4 is 11.8 Å². The van der Waals surface area contributed by atoms with Gasteiger partial charge in [-0.05, 0) is 56.2 Å². The lowest BCUT2D eigenvalue weighted by molar-refractivity contribution is -0.142. The van der Waals surface area contributed by atoms with Crippen LogP contribution in [0, 0.1) is 11.8 Å². The summed E-state index contributed by atoms with van der Waals surface area (Å²) < 4.78 is 11.6.